The van der Waals surface area contributed by atoms with E-state index in [0.29, 0.717) is 17.1 Å². The first-order valence-electron chi connectivity index (χ1n) is 12.1. The highest BCUT2D eigenvalue weighted by atomic mass is 32.2. The maximum absolute atomic E-state index is 13.4. The number of piperidine rings is 1. The molecule has 0 saturated carbocycles. The van der Waals surface area contributed by atoms with E-state index in [1.54, 1.807) is 29.5 Å². The highest BCUT2D eigenvalue weighted by molar-refractivity contribution is 7.97. The van der Waals surface area contributed by atoms with E-state index >= 15 is 0 Å². The van der Waals surface area contributed by atoms with Crippen LogP contribution in [0.3, 0.4) is 0 Å². The van der Waals surface area contributed by atoms with Gasteiger partial charge in [0, 0.05) is 50.0 Å². The van der Waals surface area contributed by atoms with Gasteiger partial charge in [-0.1, -0.05) is 20.3 Å². The lowest BCUT2D eigenvalue weighted by Gasteiger charge is -2.26. The van der Waals surface area contributed by atoms with Crippen molar-refractivity contribution in [3.63, 3.8) is 0 Å². The van der Waals surface area contributed by atoms with Crippen molar-refractivity contribution >= 4 is 40.1 Å². The number of nitrogens with zero attached hydrogens (tertiary/aromatic N) is 6. The van der Waals surface area contributed by atoms with E-state index in [-0.39, 0.29) is 5.43 Å². The summed E-state index contributed by atoms with van der Waals surface area (Å²) in [4.78, 5) is 28.6. The standard InChI is InChI=1S/C24H32N6OS2/c1-3-27(4-2)18-10-14-28(16-18)21-9-8-19-22(31)20(33-29-12-6-5-7-13-29)17-30(23(19)26-21)24-25-11-15-32-24/h8-9,11,15,17-18H,3-7,10,12-14,16H2,1-2H3. The Balaban J connectivity index is 1.52. The van der Waals surface area contributed by atoms with E-state index in [1.807, 2.05) is 28.3 Å². The molecule has 0 bridgehead atoms. The summed E-state index contributed by atoms with van der Waals surface area (Å²) in [5.74, 6) is 0.943. The highest BCUT2D eigenvalue weighted by Gasteiger charge is 2.27. The molecule has 2 saturated heterocycles. The van der Waals surface area contributed by atoms with Gasteiger partial charge in [-0.25, -0.2) is 14.3 Å². The molecule has 176 valence electrons. The normalized spacial score (nSPS) is 19.7. The van der Waals surface area contributed by atoms with E-state index in [4.69, 9.17) is 4.98 Å². The van der Waals surface area contributed by atoms with Gasteiger partial charge in [0.05, 0.1) is 10.3 Å². The van der Waals surface area contributed by atoms with Crippen molar-refractivity contribution in [1.29, 1.82) is 0 Å². The molecule has 2 fully saturated rings. The Hall–Kier alpha value is -1.94. The van der Waals surface area contributed by atoms with Crippen molar-refractivity contribution in [3.8, 4) is 5.13 Å². The number of fused-ring (bicyclic) bond motifs is 1. The molecule has 0 aromatic carbocycles. The largest absolute Gasteiger partial charge is 0.355 e. The van der Waals surface area contributed by atoms with Crippen LogP contribution in [0.1, 0.15) is 39.5 Å². The van der Waals surface area contributed by atoms with Crippen LogP contribution in [0.4, 0.5) is 5.82 Å². The minimum absolute atomic E-state index is 0.0647. The smallest absolute Gasteiger partial charge is 0.205 e. The number of pyridine rings is 2. The fourth-order valence-electron chi connectivity index (χ4n) is 4.97. The van der Waals surface area contributed by atoms with Gasteiger partial charge in [0.15, 0.2) is 10.8 Å². The predicted molar refractivity (Wildman–Crippen MR) is 138 cm³/mol. The van der Waals surface area contributed by atoms with Gasteiger partial charge in [0.25, 0.3) is 0 Å². The number of thiazole rings is 1. The molecule has 3 aromatic rings. The third-order valence-corrected chi connectivity index (χ3v) is 8.67. The maximum Gasteiger partial charge on any atom is 0.205 e. The zero-order valence-electron chi connectivity index (χ0n) is 19.4. The predicted octanol–water partition coefficient (Wildman–Crippen LogP) is 4.26. The molecule has 9 heteroatoms. The summed E-state index contributed by atoms with van der Waals surface area (Å²) in [6.07, 6.45) is 8.55. The van der Waals surface area contributed by atoms with Crippen LogP contribution in [0, 0.1) is 0 Å². The molecular weight excluding hydrogens is 452 g/mol. The number of hydrogen-bond donors (Lipinski definition) is 0. The van der Waals surface area contributed by atoms with Crippen molar-refractivity contribution in [3.05, 3.63) is 40.1 Å². The molecule has 0 amide bonds. The molecule has 5 rings (SSSR count). The van der Waals surface area contributed by atoms with Gasteiger partial charge in [0.1, 0.15) is 5.82 Å². The summed E-state index contributed by atoms with van der Waals surface area (Å²) < 4.78 is 4.33. The number of likely N-dealkylation sites (N-methyl/N-ethyl adjacent to an activating group) is 1. The Labute approximate surface area is 203 Å². The number of hydrogen-bond acceptors (Lipinski definition) is 8. The Morgan fingerprint density at radius 1 is 1.15 bits per heavy atom. The van der Waals surface area contributed by atoms with Crippen molar-refractivity contribution < 1.29 is 0 Å². The first-order valence-corrected chi connectivity index (χ1v) is 13.7. The summed E-state index contributed by atoms with van der Waals surface area (Å²) in [6.45, 7) is 10.6. The van der Waals surface area contributed by atoms with Crippen molar-refractivity contribution in [2.24, 2.45) is 0 Å². The SMILES string of the molecule is CCN(CC)C1CCN(c2ccc3c(=O)c(SN4CCCCC4)cn(-c4nccs4)c3n2)C1. The van der Waals surface area contributed by atoms with Crippen molar-refractivity contribution in [2.75, 3.05) is 44.2 Å². The second-order valence-electron chi connectivity index (χ2n) is 8.74. The van der Waals surface area contributed by atoms with E-state index in [1.165, 1.54) is 19.3 Å². The quantitative estimate of drug-likeness (QED) is 0.465. The van der Waals surface area contributed by atoms with E-state index in [0.717, 1.165) is 61.5 Å². The van der Waals surface area contributed by atoms with Gasteiger partial charge >= 0.3 is 0 Å². The fraction of sp³-hybridized carbons (Fsp3) is 0.542. The van der Waals surface area contributed by atoms with Crippen LogP contribution in [0.25, 0.3) is 16.2 Å². The monoisotopic (exact) mass is 484 g/mol. The van der Waals surface area contributed by atoms with Crippen LogP contribution in [-0.4, -0.2) is 69.1 Å². The van der Waals surface area contributed by atoms with Gasteiger partial charge in [0.2, 0.25) is 5.43 Å². The van der Waals surface area contributed by atoms with Gasteiger partial charge in [-0.3, -0.25) is 14.3 Å². The molecule has 1 atom stereocenters. The van der Waals surface area contributed by atoms with Gasteiger partial charge in [-0.15, -0.1) is 11.3 Å². The van der Waals surface area contributed by atoms with Crippen molar-refractivity contribution in [2.45, 2.75) is 50.5 Å². The molecule has 33 heavy (non-hydrogen) atoms. The molecular formula is C24H32N6OS2. The second kappa shape index (κ2) is 10.1. The lowest BCUT2D eigenvalue weighted by atomic mass is 10.2. The van der Waals surface area contributed by atoms with Crippen LogP contribution in [-0.2, 0) is 0 Å². The Morgan fingerprint density at radius 3 is 2.70 bits per heavy atom. The van der Waals surface area contributed by atoms with Gasteiger partial charge in [-0.05, 0) is 56.4 Å². The van der Waals surface area contributed by atoms with E-state index < -0.39 is 0 Å². The van der Waals surface area contributed by atoms with Crippen LogP contribution >= 0.6 is 23.3 Å². The first-order chi connectivity index (χ1) is 16.2. The molecule has 1 unspecified atom stereocenters. The third-order valence-electron chi connectivity index (χ3n) is 6.79. The molecule has 0 aliphatic carbocycles. The van der Waals surface area contributed by atoms with Crippen LogP contribution in [0.15, 0.2) is 39.6 Å². The average Bonchev–Trinajstić information content (AvgIpc) is 3.55. The fourth-order valence-corrected chi connectivity index (χ4v) is 6.66. The minimum Gasteiger partial charge on any atom is -0.355 e. The zero-order valence-corrected chi connectivity index (χ0v) is 21.1. The molecule has 0 spiro atoms. The maximum atomic E-state index is 13.4. The molecule has 3 aromatic heterocycles. The Morgan fingerprint density at radius 2 is 1.97 bits per heavy atom. The first kappa shape index (κ1) is 22.8. The zero-order chi connectivity index (χ0) is 22.8. The van der Waals surface area contributed by atoms with Crippen molar-refractivity contribution in [1.82, 2.24) is 23.7 Å². The average molecular weight is 485 g/mol. The molecule has 2 aliphatic heterocycles. The van der Waals surface area contributed by atoms with E-state index in [9.17, 15) is 4.79 Å². The van der Waals surface area contributed by atoms with Crippen LogP contribution in [0.5, 0.6) is 0 Å². The Bertz CT molecular complexity index is 1140. The van der Waals surface area contributed by atoms with E-state index in [2.05, 4.69) is 32.9 Å². The van der Waals surface area contributed by atoms with Crippen LogP contribution in [0.2, 0.25) is 0 Å². The summed E-state index contributed by atoms with van der Waals surface area (Å²) in [7, 11) is 0. The van der Waals surface area contributed by atoms with Gasteiger partial charge in [-0.2, -0.15) is 0 Å². The molecule has 7 nitrogen and oxygen atoms in total. The minimum atomic E-state index is 0.0647. The number of rotatable bonds is 7. The summed E-state index contributed by atoms with van der Waals surface area (Å²) in [5.41, 5.74) is 0.761. The molecule has 2 aliphatic rings. The number of aromatic nitrogens is 3. The second-order valence-corrected chi connectivity index (χ2v) is 10.8. The Kier molecular flexibility index (Phi) is 7.01. The highest BCUT2D eigenvalue weighted by Crippen LogP contribution is 2.29. The number of anilines is 1. The van der Waals surface area contributed by atoms with Gasteiger partial charge < -0.3 is 4.90 Å². The molecule has 5 heterocycles. The lowest BCUT2D eigenvalue weighted by Crippen LogP contribution is -2.37. The topological polar surface area (TPSA) is 57.5 Å². The van der Waals surface area contributed by atoms with Crippen LogP contribution < -0.4 is 10.3 Å². The summed E-state index contributed by atoms with van der Waals surface area (Å²) >= 11 is 3.16. The molecule has 0 N–H and O–H groups in total. The third kappa shape index (κ3) is 4.69. The molecule has 0 radical (unpaired) electrons. The summed E-state index contributed by atoms with van der Waals surface area (Å²) in [6, 6.07) is 4.55. The lowest BCUT2D eigenvalue weighted by molar-refractivity contribution is 0.232. The summed E-state index contributed by atoms with van der Waals surface area (Å²) in [5, 5.41) is 3.47.